The maximum atomic E-state index is 13.1. The van der Waals surface area contributed by atoms with Crippen molar-refractivity contribution in [1.82, 2.24) is 9.47 Å². The van der Waals surface area contributed by atoms with Gasteiger partial charge in [0.05, 0.1) is 17.7 Å². The van der Waals surface area contributed by atoms with Gasteiger partial charge >= 0.3 is 0 Å². The van der Waals surface area contributed by atoms with Crippen LogP contribution < -0.4 is 0 Å². The predicted octanol–water partition coefficient (Wildman–Crippen LogP) is 3.92. The van der Waals surface area contributed by atoms with E-state index in [9.17, 15) is 4.79 Å². The summed E-state index contributed by atoms with van der Waals surface area (Å²) in [6.45, 7) is 1.54. The van der Waals surface area contributed by atoms with Gasteiger partial charge in [-0.1, -0.05) is 42.5 Å². The van der Waals surface area contributed by atoms with Gasteiger partial charge in [0.2, 0.25) is 5.91 Å². The van der Waals surface area contributed by atoms with E-state index >= 15 is 0 Å². The van der Waals surface area contributed by atoms with Gasteiger partial charge in [0, 0.05) is 31.4 Å². The molecule has 2 aromatic carbocycles. The molecule has 1 atom stereocenters. The summed E-state index contributed by atoms with van der Waals surface area (Å²) in [7, 11) is 0. The van der Waals surface area contributed by atoms with Crippen molar-refractivity contribution in [2.75, 3.05) is 6.54 Å². The molecule has 0 N–H and O–H groups in total. The molecule has 0 saturated heterocycles. The Morgan fingerprint density at radius 2 is 1.78 bits per heavy atom. The van der Waals surface area contributed by atoms with Crippen LogP contribution in [0, 0.1) is 11.3 Å². The largest absolute Gasteiger partial charge is 0.348 e. The number of nitrogens with zero attached hydrogens (tertiary/aromatic N) is 3. The highest BCUT2D eigenvalue weighted by Crippen LogP contribution is 2.32. The Kier molecular flexibility index (Phi) is 4.76. The number of hydrogen-bond donors (Lipinski definition) is 0. The topological polar surface area (TPSA) is 49.0 Å². The number of aryl methyl sites for hydroxylation is 1. The first-order chi connectivity index (χ1) is 13.3. The second-order valence-electron chi connectivity index (χ2n) is 6.84. The van der Waals surface area contributed by atoms with Crippen molar-refractivity contribution in [1.29, 1.82) is 5.26 Å². The summed E-state index contributed by atoms with van der Waals surface area (Å²) in [5, 5.41) is 8.90. The molecule has 4 heteroatoms. The number of carbonyl (C=O) groups excluding carboxylic acids is 1. The number of nitriles is 1. The quantitative estimate of drug-likeness (QED) is 0.712. The molecule has 4 rings (SSSR count). The van der Waals surface area contributed by atoms with Crippen LogP contribution >= 0.6 is 0 Å². The van der Waals surface area contributed by atoms with Crippen LogP contribution in [0.5, 0.6) is 0 Å². The molecule has 0 fully saturated rings. The first kappa shape index (κ1) is 17.1. The minimum atomic E-state index is -0.0385. The first-order valence-electron chi connectivity index (χ1n) is 9.25. The third-order valence-corrected chi connectivity index (χ3v) is 5.18. The van der Waals surface area contributed by atoms with Gasteiger partial charge < -0.3 is 9.47 Å². The van der Waals surface area contributed by atoms with Gasteiger partial charge in [0.15, 0.2) is 0 Å². The molecule has 0 bridgehead atoms. The average molecular weight is 355 g/mol. The average Bonchev–Trinajstić information content (AvgIpc) is 3.21. The van der Waals surface area contributed by atoms with Gasteiger partial charge in [-0.2, -0.15) is 5.26 Å². The zero-order chi connectivity index (χ0) is 18.6. The molecule has 0 aliphatic carbocycles. The molecule has 1 amide bonds. The minimum Gasteiger partial charge on any atom is -0.348 e. The van der Waals surface area contributed by atoms with Crippen molar-refractivity contribution in [3.8, 4) is 6.07 Å². The zero-order valence-corrected chi connectivity index (χ0v) is 15.1. The molecule has 4 nitrogen and oxygen atoms in total. The first-order valence-corrected chi connectivity index (χ1v) is 9.25. The molecule has 1 aromatic heterocycles. The molecule has 2 heterocycles. The Morgan fingerprint density at radius 3 is 2.52 bits per heavy atom. The molecule has 27 heavy (non-hydrogen) atoms. The van der Waals surface area contributed by atoms with E-state index in [0.717, 1.165) is 17.7 Å². The molecule has 0 saturated carbocycles. The Morgan fingerprint density at radius 1 is 1.00 bits per heavy atom. The highest BCUT2D eigenvalue weighted by atomic mass is 16.2. The van der Waals surface area contributed by atoms with Crippen molar-refractivity contribution >= 4 is 5.91 Å². The fourth-order valence-corrected chi connectivity index (χ4v) is 3.78. The molecular formula is C23H21N3O. The zero-order valence-electron chi connectivity index (χ0n) is 15.1. The van der Waals surface area contributed by atoms with Gasteiger partial charge in [0.25, 0.3) is 0 Å². The molecule has 1 unspecified atom stereocenters. The van der Waals surface area contributed by atoms with E-state index in [1.165, 1.54) is 5.69 Å². The monoisotopic (exact) mass is 355 g/mol. The second kappa shape index (κ2) is 7.51. The van der Waals surface area contributed by atoms with E-state index < -0.39 is 0 Å². The number of carbonyl (C=O) groups is 1. The van der Waals surface area contributed by atoms with Crippen LogP contribution in [0.4, 0.5) is 0 Å². The van der Waals surface area contributed by atoms with Crippen LogP contribution in [0.3, 0.4) is 0 Å². The number of benzene rings is 2. The second-order valence-corrected chi connectivity index (χ2v) is 6.84. The van der Waals surface area contributed by atoms with Gasteiger partial charge in [-0.05, 0) is 41.8 Å². The van der Waals surface area contributed by atoms with Gasteiger partial charge in [-0.25, -0.2) is 0 Å². The molecule has 1 aliphatic rings. The van der Waals surface area contributed by atoms with E-state index in [-0.39, 0.29) is 11.9 Å². The molecule has 0 radical (unpaired) electrons. The lowest BCUT2D eigenvalue weighted by atomic mass is 9.99. The summed E-state index contributed by atoms with van der Waals surface area (Å²) < 4.78 is 2.24. The number of hydrogen-bond acceptors (Lipinski definition) is 2. The Hall–Kier alpha value is -3.32. The smallest absolute Gasteiger partial charge is 0.223 e. The van der Waals surface area contributed by atoms with Crippen LogP contribution in [0.25, 0.3) is 0 Å². The van der Waals surface area contributed by atoms with Gasteiger partial charge in [-0.15, -0.1) is 0 Å². The predicted molar refractivity (Wildman–Crippen MR) is 104 cm³/mol. The van der Waals surface area contributed by atoms with Crippen molar-refractivity contribution < 1.29 is 4.79 Å². The van der Waals surface area contributed by atoms with E-state index in [0.29, 0.717) is 24.9 Å². The number of amides is 1. The maximum absolute atomic E-state index is 13.1. The van der Waals surface area contributed by atoms with Crippen LogP contribution in [0.2, 0.25) is 0 Å². The third-order valence-electron chi connectivity index (χ3n) is 5.18. The fourth-order valence-electron chi connectivity index (χ4n) is 3.78. The molecule has 0 spiro atoms. The lowest BCUT2D eigenvalue weighted by Gasteiger charge is -2.37. The van der Waals surface area contributed by atoms with Gasteiger partial charge in [0.1, 0.15) is 0 Å². The summed E-state index contributed by atoms with van der Waals surface area (Å²) in [4.78, 5) is 15.1. The SMILES string of the molecule is N#Cc1ccc(CCC(=O)N2CCn3cccc3C2c2ccccc2)cc1. The van der Waals surface area contributed by atoms with Crippen LogP contribution in [-0.4, -0.2) is 21.9 Å². The maximum Gasteiger partial charge on any atom is 0.223 e. The van der Waals surface area contributed by atoms with Crippen LogP contribution in [-0.2, 0) is 17.8 Å². The number of rotatable bonds is 4. The lowest BCUT2D eigenvalue weighted by molar-refractivity contribution is -0.133. The van der Waals surface area contributed by atoms with Crippen molar-refractivity contribution in [3.05, 3.63) is 95.3 Å². The summed E-state index contributed by atoms with van der Waals surface area (Å²) >= 11 is 0. The standard InChI is InChI=1S/C23H21N3O/c24-17-19-10-8-18(9-11-19)12-13-22(27)26-16-15-25-14-4-7-21(25)23(26)20-5-2-1-3-6-20/h1-11,14,23H,12-13,15-16H2. The normalized spacial score (nSPS) is 15.8. The number of fused-ring (bicyclic) bond motifs is 1. The summed E-state index contributed by atoms with van der Waals surface area (Å²) in [6, 6.07) is 24.0. The van der Waals surface area contributed by atoms with Crippen molar-refractivity contribution in [2.24, 2.45) is 0 Å². The van der Waals surface area contributed by atoms with E-state index in [4.69, 9.17) is 5.26 Å². The van der Waals surface area contributed by atoms with Crippen LogP contribution in [0.15, 0.2) is 72.9 Å². The summed E-state index contributed by atoms with van der Waals surface area (Å²) in [5.41, 5.74) is 4.04. The molecule has 3 aromatic rings. The third kappa shape index (κ3) is 3.50. The number of aromatic nitrogens is 1. The van der Waals surface area contributed by atoms with E-state index in [2.05, 4.69) is 41.1 Å². The van der Waals surface area contributed by atoms with Crippen molar-refractivity contribution in [3.63, 3.8) is 0 Å². The summed E-state index contributed by atoms with van der Waals surface area (Å²) in [6.07, 6.45) is 3.24. The highest BCUT2D eigenvalue weighted by molar-refractivity contribution is 5.77. The van der Waals surface area contributed by atoms with Crippen molar-refractivity contribution in [2.45, 2.75) is 25.4 Å². The van der Waals surface area contributed by atoms with E-state index in [1.54, 1.807) is 12.1 Å². The Labute approximate surface area is 159 Å². The highest BCUT2D eigenvalue weighted by Gasteiger charge is 2.31. The van der Waals surface area contributed by atoms with E-state index in [1.807, 2.05) is 35.2 Å². The van der Waals surface area contributed by atoms with Crippen LogP contribution in [0.1, 0.15) is 34.8 Å². The molecule has 134 valence electrons. The Bertz CT molecular complexity index is 967. The lowest BCUT2D eigenvalue weighted by Crippen LogP contribution is -2.42. The molecule has 1 aliphatic heterocycles. The Balaban J connectivity index is 1.54. The minimum absolute atomic E-state index is 0.0385. The molecular weight excluding hydrogens is 334 g/mol. The van der Waals surface area contributed by atoms with Gasteiger partial charge in [-0.3, -0.25) is 4.79 Å². The summed E-state index contributed by atoms with van der Waals surface area (Å²) in [5.74, 6) is 0.167. The fraction of sp³-hybridized carbons (Fsp3) is 0.217.